The number of pyridine rings is 1. The summed E-state index contributed by atoms with van der Waals surface area (Å²) in [4.78, 5) is 18.5. The summed E-state index contributed by atoms with van der Waals surface area (Å²) in [5.41, 5.74) is 1.32. The number of amides is 1. The fraction of sp³-hybridized carbons (Fsp3) is 0.391. The van der Waals surface area contributed by atoms with E-state index in [2.05, 4.69) is 25.8 Å². The van der Waals surface area contributed by atoms with Crippen LogP contribution in [0.1, 0.15) is 45.2 Å². The van der Waals surface area contributed by atoms with Gasteiger partial charge in [0.15, 0.2) is 0 Å². The predicted molar refractivity (Wildman–Crippen MR) is 121 cm³/mol. The molecule has 31 heavy (non-hydrogen) atoms. The summed E-state index contributed by atoms with van der Waals surface area (Å²) in [6, 6.07) is 8.62. The lowest BCUT2D eigenvalue weighted by atomic mass is 9.78. The predicted octanol–water partition coefficient (Wildman–Crippen LogP) is 6.32. The molecular formula is C23H25Cl2N3O3. The second-order valence-corrected chi connectivity index (χ2v) is 9.78. The number of aromatic nitrogens is 2. The van der Waals surface area contributed by atoms with E-state index >= 15 is 0 Å². The van der Waals surface area contributed by atoms with E-state index in [-0.39, 0.29) is 23.6 Å². The maximum atomic E-state index is 12.5. The molecule has 0 aliphatic heterocycles. The standard InChI is InChI=1S/C23H25Cl2N3O3/c1-23(2,3)20(16-6-5-10-27-11-9-26-21(16)27)28(22(29)30)14-12-15(13-14)31-18-8-4-7-17(24)19(18)25/h4-11,14-15,20H,12-13H2,1-3H3,(H,29,30). The third kappa shape index (κ3) is 4.19. The highest BCUT2D eigenvalue weighted by Gasteiger charge is 2.45. The van der Waals surface area contributed by atoms with Crippen molar-refractivity contribution >= 4 is 34.9 Å². The fourth-order valence-electron chi connectivity index (χ4n) is 4.31. The number of ether oxygens (including phenoxy) is 1. The Balaban J connectivity index is 1.60. The molecule has 3 aromatic rings. The molecule has 4 rings (SSSR count). The molecule has 1 atom stereocenters. The highest BCUT2D eigenvalue weighted by molar-refractivity contribution is 6.42. The molecule has 2 heterocycles. The van der Waals surface area contributed by atoms with E-state index in [1.807, 2.05) is 28.9 Å². The van der Waals surface area contributed by atoms with Gasteiger partial charge in [-0.15, -0.1) is 0 Å². The number of hydrogen-bond donors (Lipinski definition) is 1. The quantitative estimate of drug-likeness (QED) is 0.482. The largest absolute Gasteiger partial charge is 0.489 e. The van der Waals surface area contributed by atoms with Gasteiger partial charge in [-0.2, -0.15) is 0 Å². The van der Waals surface area contributed by atoms with E-state index in [9.17, 15) is 9.90 Å². The zero-order valence-corrected chi connectivity index (χ0v) is 19.1. The number of halogens is 2. The van der Waals surface area contributed by atoms with Crippen LogP contribution in [0.2, 0.25) is 10.0 Å². The topological polar surface area (TPSA) is 67.1 Å². The zero-order chi connectivity index (χ0) is 22.3. The normalized spacial score (nSPS) is 19.6. The lowest BCUT2D eigenvalue weighted by molar-refractivity contribution is -0.0196. The van der Waals surface area contributed by atoms with Gasteiger partial charge in [0.25, 0.3) is 0 Å². The van der Waals surface area contributed by atoms with Crippen LogP contribution in [0, 0.1) is 5.41 Å². The van der Waals surface area contributed by atoms with Gasteiger partial charge in [0.2, 0.25) is 0 Å². The third-order valence-corrected chi connectivity index (χ3v) is 6.54. The van der Waals surface area contributed by atoms with Crippen LogP contribution in [0.5, 0.6) is 5.75 Å². The van der Waals surface area contributed by atoms with Gasteiger partial charge in [-0.1, -0.05) is 56.1 Å². The summed E-state index contributed by atoms with van der Waals surface area (Å²) in [7, 11) is 0. The lowest BCUT2D eigenvalue weighted by Crippen LogP contribution is -2.54. The molecule has 0 spiro atoms. The van der Waals surface area contributed by atoms with Crippen molar-refractivity contribution in [2.75, 3.05) is 0 Å². The van der Waals surface area contributed by atoms with Gasteiger partial charge in [-0.25, -0.2) is 9.78 Å². The Bertz CT molecular complexity index is 1100. The zero-order valence-electron chi connectivity index (χ0n) is 17.6. The molecule has 1 aliphatic carbocycles. The smallest absolute Gasteiger partial charge is 0.408 e. The Morgan fingerprint density at radius 1 is 1.23 bits per heavy atom. The van der Waals surface area contributed by atoms with Gasteiger partial charge >= 0.3 is 6.09 Å². The van der Waals surface area contributed by atoms with Crippen LogP contribution in [0.3, 0.4) is 0 Å². The summed E-state index contributed by atoms with van der Waals surface area (Å²) in [5.74, 6) is 0.522. The number of hydrogen-bond acceptors (Lipinski definition) is 3. The van der Waals surface area contributed by atoms with Crippen molar-refractivity contribution < 1.29 is 14.6 Å². The molecule has 6 nitrogen and oxygen atoms in total. The first-order valence-electron chi connectivity index (χ1n) is 10.2. The first-order chi connectivity index (χ1) is 14.7. The minimum atomic E-state index is -0.947. The van der Waals surface area contributed by atoms with Crippen LogP contribution in [0.15, 0.2) is 48.9 Å². The fourth-order valence-corrected chi connectivity index (χ4v) is 4.65. The molecule has 1 aliphatic rings. The van der Waals surface area contributed by atoms with Gasteiger partial charge in [0.1, 0.15) is 22.5 Å². The van der Waals surface area contributed by atoms with Crippen molar-refractivity contribution in [3.8, 4) is 5.75 Å². The van der Waals surface area contributed by atoms with Crippen LogP contribution < -0.4 is 4.74 Å². The SMILES string of the molecule is CC(C)(C)C(c1cccn2ccnc12)N(C(=O)O)C1CC(Oc2cccc(Cl)c2Cl)C1. The highest BCUT2D eigenvalue weighted by atomic mass is 35.5. The molecule has 1 unspecified atom stereocenters. The Morgan fingerprint density at radius 3 is 2.65 bits per heavy atom. The number of nitrogens with zero attached hydrogens (tertiary/aromatic N) is 3. The molecule has 0 saturated heterocycles. The molecule has 2 aromatic heterocycles. The van der Waals surface area contributed by atoms with E-state index in [0.717, 1.165) is 11.2 Å². The minimum Gasteiger partial charge on any atom is -0.489 e. The summed E-state index contributed by atoms with van der Waals surface area (Å²) in [6.07, 6.45) is 5.61. The Labute approximate surface area is 191 Å². The van der Waals surface area contributed by atoms with Crippen molar-refractivity contribution in [2.45, 2.75) is 51.8 Å². The van der Waals surface area contributed by atoms with Crippen LogP contribution >= 0.6 is 23.2 Å². The maximum Gasteiger partial charge on any atom is 0.408 e. The summed E-state index contributed by atoms with van der Waals surface area (Å²) < 4.78 is 7.92. The molecule has 0 bridgehead atoms. The van der Waals surface area contributed by atoms with Gasteiger partial charge in [-0.05, 0) is 23.6 Å². The summed E-state index contributed by atoms with van der Waals surface area (Å²) >= 11 is 12.3. The van der Waals surface area contributed by atoms with E-state index in [0.29, 0.717) is 28.6 Å². The van der Waals surface area contributed by atoms with Gasteiger partial charge in [0.05, 0.1) is 11.1 Å². The lowest BCUT2D eigenvalue weighted by Gasteiger charge is -2.48. The molecule has 0 radical (unpaired) electrons. The van der Waals surface area contributed by atoms with Gasteiger partial charge in [0, 0.05) is 43.0 Å². The first-order valence-corrected chi connectivity index (χ1v) is 11.0. The molecule has 164 valence electrons. The molecule has 1 saturated carbocycles. The van der Waals surface area contributed by atoms with Crippen molar-refractivity contribution in [3.63, 3.8) is 0 Å². The van der Waals surface area contributed by atoms with Crippen LogP contribution in [0.25, 0.3) is 5.65 Å². The van der Waals surface area contributed by atoms with E-state index in [1.54, 1.807) is 29.3 Å². The maximum absolute atomic E-state index is 12.5. The summed E-state index contributed by atoms with van der Waals surface area (Å²) in [5, 5.41) is 11.0. The summed E-state index contributed by atoms with van der Waals surface area (Å²) in [6.45, 7) is 6.16. The highest BCUT2D eigenvalue weighted by Crippen LogP contribution is 2.45. The van der Waals surface area contributed by atoms with Crippen LogP contribution in [0.4, 0.5) is 4.79 Å². The number of rotatable bonds is 5. The monoisotopic (exact) mass is 461 g/mol. The minimum absolute atomic E-state index is 0.120. The van der Waals surface area contributed by atoms with Crippen LogP contribution in [-0.4, -0.2) is 37.6 Å². The van der Waals surface area contributed by atoms with Crippen molar-refractivity contribution in [1.82, 2.24) is 14.3 Å². The molecule has 8 heteroatoms. The van der Waals surface area contributed by atoms with Gasteiger partial charge in [-0.3, -0.25) is 4.90 Å². The number of fused-ring (bicyclic) bond motifs is 1. The number of carbonyl (C=O) groups is 1. The number of carboxylic acid groups (broad SMARTS) is 1. The molecule has 1 amide bonds. The second-order valence-electron chi connectivity index (χ2n) is 9.00. The molecule has 1 aromatic carbocycles. The van der Waals surface area contributed by atoms with Crippen molar-refractivity contribution in [1.29, 1.82) is 0 Å². The molecule has 1 fully saturated rings. The Hall–Kier alpha value is -2.44. The Morgan fingerprint density at radius 2 is 1.97 bits per heavy atom. The average Bonchev–Trinajstić information content (AvgIpc) is 3.14. The average molecular weight is 462 g/mol. The number of benzene rings is 1. The second kappa shape index (κ2) is 8.24. The molecular weight excluding hydrogens is 437 g/mol. The Kier molecular flexibility index (Phi) is 5.79. The van der Waals surface area contributed by atoms with Crippen molar-refractivity contribution in [3.05, 3.63) is 64.5 Å². The van der Waals surface area contributed by atoms with Gasteiger partial charge < -0.3 is 14.2 Å². The molecule has 1 N–H and O–H groups in total. The number of imidazole rings is 1. The first kappa shape index (κ1) is 21.8. The van der Waals surface area contributed by atoms with Crippen LogP contribution in [-0.2, 0) is 0 Å². The third-order valence-electron chi connectivity index (χ3n) is 5.74. The van der Waals surface area contributed by atoms with E-state index in [1.165, 1.54) is 0 Å². The van der Waals surface area contributed by atoms with E-state index < -0.39 is 6.09 Å². The van der Waals surface area contributed by atoms with E-state index in [4.69, 9.17) is 27.9 Å². The van der Waals surface area contributed by atoms with Crippen molar-refractivity contribution in [2.24, 2.45) is 5.41 Å².